The van der Waals surface area contributed by atoms with E-state index in [-0.39, 0.29) is 0 Å². The fourth-order valence-electron chi connectivity index (χ4n) is 1.93. The second-order valence-corrected chi connectivity index (χ2v) is 4.77. The molecule has 0 saturated carbocycles. The highest BCUT2D eigenvalue weighted by atomic mass is 35.5. The van der Waals surface area contributed by atoms with Crippen molar-refractivity contribution in [3.8, 4) is 0 Å². The molecule has 2 heteroatoms. The third kappa shape index (κ3) is 5.10. The van der Waals surface area contributed by atoms with E-state index in [0.29, 0.717) is 11.8 Å². The predicted molar refractivity (Wildman–Crippen MR) is 75.0 cm³/mol. The van der Waals surface area contributed by atoms with Crippen LogP contribution >= 0.6 is 11.6 Å². The first kappa shape index (κ1) is 14.5. The molecule has 0 fully saturated rings. The number of unbranched alkanes of at least 4 members (excludes halogenated alkanes) is 1. The monoisotopic (exact) mass is 254 g/mol. The number of aryl methyl sites for hydroxylation is 1. The zero-order chi connectivity index (χ0) is 12.5. The van der Waals surface area contributed by atoms with Crippen LogP contribution in [-0.4, -0.2) is 19.1 Å². The number of benzene rings is 1. The van der Waals surface area contributed by atoms with Gasteiger partial charge in [0.1, 0.15) is 0 Å². The Morgan fingerprint density at radius 2 is 2.00 bits per heavy atom. The Hall–Kier alpha value is -0.530. The molecule has 1 atom stereocenters. The molecule has 0 spiro atoms. The molecule has 1 rings (SSSR count). The van der Waals surface area contributed by atoms with Crippen LogP contribution in [0, 0.1) is 6.92 Å². The van der Waals surface area contributed by atoms with Crippen LogP contribution < -0.4 is 0 Å². The van der Waals surface area contributed by atoms with E-state index in [1.807, 2.05) is 0 Å². The maximum absolute atomic E-state index is 6.06. The van der Waals surface area contributed by atoms with Gasteiger partial charge in [0.25, 0.3) is 0 Å². The summed E-state index contributed by atoms with van der Waals surface area (Å²) < 4.78 is 5.61. The minimum absolute atomic E-state index is 0.416. The Morgan fingerprint density at radius 3 is 2.65 bits per heavy atom. The average Bonchev–Trinajstić information content (AvgIpc) is 2.35. The lowest BCUT2D eigenvalue weighted by Gasteiger charge is -2.16. The van der Waals surface area contributed by atoms with E-state index in [1.54, 1.807) is 0 Å². The van der Waals surface area contributed by atoms with E-state index in [0.717, 1.165) is 26.1 Å². The lowest BCUT2D eigenvalue weighted by atomic mass is 9.94. The smallest absolute Gasteiger partial charge is 0.0472 e. The summed E-state index contributed by atoms with van der Waals surface area (Å²) in [5, 5.41) is 0. The molecule has 0 N–H and O–H groups in total. The van der Waals surface area contributed by atoms with Crippen LogP contribution in [0.2, 0.25) is 0 Å². The van der Waals surface area contributed by atoms with E-state index in [1.165, 1.54) is 17.5 Å². The first-order chi connectivity index (χ1) is 8.29. The van der Waals surface area contributed by atoms with Crippen LogP contribution in [0.15, 0.2) is 24.3 Å². The van der Waals surface area contributed by atoms with Crippen LogP contribution in [0.5, 0.6) is 0 Å². The highest BCUT2D eigenvalue weighted by molar-refractivity contribution is 6.18. The standard InChI is InChI=1S/C15H23ClO/c1-3-4-10-17-11-9-14(12-16)15-8-6-5-7-13(15)2/h5-8,14H,3-4,9-12H2,1-2H3. The van der Waals surface area contributed by atoms with Crippen molar-refractivity contribution in [1.29, 1.82) is 0 Å². The van der Waals surface area contributed by atoms with E-state index in [9.17, 15) is 0 Å². The first-order valence-electron chi connectivity index (χ1n) is 6.48. The number of rotatable bonds is 8. The summed E-state index contributed by atoms with van der Waals surface area (Å²) >= 11 is 6.06. The van der Waals surface area contributed by atoms with Gasteiger partial charge in [0.15, 0.2) is 0 Å². The Morgan fingerprint density at radius 1 is 1.24 bits per heavy atom. The largest absolute Gasteiger partial charge is 0.381 e. The zero-order valence-corrected chi connectivity index (χ0v) is 11.7. The van der Waals surface area contributed by atoms with Crippen molar-refractivity contribution < 1.29 is 4.74 Å². The van der Waals surface area contributed by atoms with Crippen LogP contribution in [0.25, 0.3) is 0 Å². The molecule has 0 amide bonds. The molecule has 0 aliphatic heterocycles. The van der Waals surface area contributed by atoms with E-state index >= 15 is 0 Å². The molecule has 17 heavy (non-hydrogen) atoms. The molecular formula is C15H23ClO. The van der Waals surface area contributed by atoms with Crippen molar-refractivity contribution in [1.82, 2.24) is 0 Å². The Labute approximate surface area is 110 Å². The van der Waals surface area contributed by atoms with E-state index in [2.05, 4.69) is 38.1 Å². The highest BCUT2D eigenvalue weighted by Gasteiger charge is 2.12. The second-order valence-electron chi connectivity index (χ2n) is 4.46. The Balaban J connectivity index is 2.41. The van der Waals surface area contributed by atoms with Crippen LogP contribution in [0.1, 0.15) is 43.2 Å². The Kier molecular flexibility index (Phi) is 7.30. The summed E-state index contributed by atoms with van der Waals surface area (Å²) in [6, 6.07) is 8.48. The van der Waals surface area contributed by atoms with Gasteiger partial charge in [0.05, 0.1) is 0 Å². The summed E-state index contributed by atoms with van der Waals surface area (Å²) in [5.74, 6) is 1.08. The number of alkyl halides is 1. The third-order valence-corrected chi connectivity index (χ3v) is 3.44. The maximum Gasteiger partial charge on any atom is 0.0472 e. The summed E-state index contributed by atoms with van der Waals surface area (Å²) in [6.45, 7) is 6.01. The lowest BCUT2D eigenvalue weighted by Crippen LogP contribution is -2.07. The average molecular weight is 255 g/mol. The molecule has 0 bridgehead atoms. The van der Waals surface area contributed by atoms with Gasteiger partial charge >= 0.3 is 0 Å². The van der Waals surface area contributed by atoms with Gasteiger partial charge in [-0.1, -0.05) is 37.6 Å². The summed E-state index contributed by atoms with van der Waals surface area (Å²) in [5.41, 5.74) is 2.69. The Bertz CT molecular complexity index is 312. The number of ether oxygens (including phenoxy) is 1. The molecule has 1 aromatic rings. The normalized spacial score (nSPS) is 12.6. The van der Waals surface area contributed by atoms with Crippen LogP contribution in [0.4, 0.5) is 0 Å². The van der Waals surface area contributed by atoms with Gasteiger partial charge in [-0.2, -0.15) is 0 Å². The van der Waals surface area contributed by atoms with Crippen molar-refractivity contribution in [2.75, 3.05) is 19.1 Å². The van der Waals surface area contributed by atoms with Gasteiger partial charge in [-0.15, -0.1) is 11.6 Å². The third-order valence-electron chi connectivity index (χ3n) is 3.07. The quantitative estimate of drug-likeness (QED) is 0.489. The van der Waals surface area contributed by atoms with Crippen molar-refractivity contribution in [3.63, 3.8) is 0 Å². The minimum atomic E-state index is 0.416. The molecule has 1 aromatic carbocycles. The molecule has 0 aliphatic carbocycles. The summed E-state index contributed by atoms with van der Waals surface area (Å²) in [7, 11) is 0. The second kappa shape index (κ2) is 8.54. The van der Waals surface area contributed by atoms with E-state index < -0.39 is 0 Å². The highest BCUT2D eigenvalue weighted by Crippen LogP contribution is 2.24. The van der Waals surface area contributed by atoms with Crippen molar-refractivity contribution >= 4 is 11.6 Å². The molecule has 0 aromatic heterocycles. The minimum Gasteiger partial charge on any atom is -0.381 e. The lowest BCUT2D eigenvalue weighted by molar-refractivity contribution is 0.125. The fraction of sp³-hybridized carbons (Fsp3) is 0.600. The van der Waals surface area contributed by atoms with Gasteiger partial charge in [0.2, 0.25) is 0 Å². The van der Waals surface area contributed by atoms with Gasteiger partial charge in [-0.3, -0.25) is 0 Å². The topological polar surface area (TPSA) is 9.23 Å². The van der Waals surface area contributed by atoms with Crippen molar-refractivity contribution in [3.05, 3.63) is 35.4 Å². The maximum atomic E-state index is 6.06. The number of hydrogen-bond acceptors (Lipinski definition) is 1. The molecule has 0 radical (unpaired) electrons. The number of hydrogen-bond donors (Lipinski definition) is 0. The predicted octanol–water partition coefficient (Wildman–Crippen LogP) is 4.52. The molecule has 1 unspecified atom stereocenters. The van der Waals surface area contributed by atoms with Crippen molar-refractivity contribution in [2.24, 2.45) is 0 Å². The number of halogens is 1. The summed E-state index contributed by atoms with van der Waals surface area (Å²) in [6.07, 6.45) is 3.35. The molecular weight excluding hydrogens is 232 g/mol. The fourth-order valence-corrected chi connectivity index (χ4v) is 2.26. The molecule has 1 nitrogen and oxygen atoms in total. The molecule has 0 aliphatic rings. The van der Waals surface area contributed by atoms with Gasteiger partial charge in [-0.05, 0) is 36.8 Å². The van der Waals surface area contributed by atoms with E-state index in [4.69, 9.17) is 16.3 Å². The molecule has 0 saturated heterocycles. The zero-order valence-electron chi connectivity index (χ0n) is 10.9. The van der Waals surface area contributed by atoms with Gasteiger partial charge < -0.3 is 4.74 Å². The first-order valence-corrected chi connectivity index (χ1v) is 7.02. The van der Waals surface area contributed by atoms with Crippen LogP contribution in [-0.2, 0) is 4.74 Å². The van der Waals surface area contributed by atoms with Gasteiger partial charge in [0, 0.05) is 19.1 Å². The summed E-state index contributed by atoms with van der Waals surface area (Å²) in [4.78, 5) is 0. The SMILES string of the molecule is CCCCOCCC(CCl)c1ccccc1C. The molecule has 96 valence electrons. The molecule has 0 heterocycles. The van der Waals surface area contributed by atoms with Gasteiger partial charge in [-0.25, -0.2) is 0 Å². The van der Waals surface area contributed by atoms with Crippen molar-refractivity contribution in [2.45, 2.75) is 39.0 Å². The van der Waals surface area contributed by atoms with Crippen LogP contribution in [0.3, 0.4) is 0 Å².